The third-order valence-electron chi connectivity index (χ3n) is 2.74. The van der Waals surface area contributed by atoms with Crippen LogP contribution in [-0.2, 0) is 11.0 Å². The molecule has 0 saturated heterocycles. The molecule has 0 aliphatic carbocycles. The SMILES string of the molecule is Cc1ccc(Nc2cc(C(F)(F)F)nc(NCC(=O)O)n2)cc1. The van der Waals surface area contributed by atoms with E-state index in [-0.39, 0.29) is 5.82 Å². The molecule has 1 aromatic heterocycles. The van der Waals surface area contributed by atoms with Gasteiger partial charge in [0, 0.05) is 11.8 Å². The number of halogens is 3. The topological polar surface area (TPSA) is 87.1 Å². The van der Waals surface area contributed by atoms with Crippen molar-refractivity contribution in [1.82, 2.24) is 9.97 Å². The van der Waals surface area contributed by atoms with E-state index in [0.29, 0.717) is 5.69 Å². The van der Waals surface area contributed by atoms with Crippen LogP contribution in [0.1, 0.15) is 11.3 Å². The largest absolute Gasteiger partial charge is 0.480 e. The summed E-state index contributed by atoms with van der Waals surface area (Å²) in [7, 11) is 0. The van der Waals surface area contributed by atoms with E-state index in [2.05, 4.69) is 20.6 Å². The van der Waals surface area contributed by atoms with Gasteiger partial charge in [0.05, 0.1) is 0 Å². The second-order valence-electron chi connectivity index (χ2n) is 4.70. The van der Waals surface area contributed by atoms with Gasteiger partial charge in [-0.05, 0) is 19.1 Å². The molecule has 122 valence electrons. The molecule has 0 aliphatic rings. The predicted octanol–water partition coefficient (Wildman–Crippen LogP) is 3.04. The predicted molar refractivity (Wildman–Crippen MR) is 77.6 cm³/mol. The van der Waals surface area contributed by atoms with Gasteiger partial charge in [-0.15, -0.1) is 0 Å². The molecular weight excluding hydrogens is 313 g/mol. The van der Waals surface area contributed by atoms with Gasteiger partial charge in [0.25, 0.3) is 0 Å². The van der Waals surface area contributed by atoms with Crippen molar-refractivity contribution in [3.8, 4) is 0 Å². The molecule has 6 nitrogen and oxygen atoms in total. The fourth-order valence-electron chi connectivity index (χ4n) is 1.67. The third-order valence-corrected chi connectivity index (χ3v) is 2.74. The number of hydrogen-bond donors (Lipinski definition) is 3. The summed E-state index contributed by atoms with van der Waals surface area (Å²) in [5, 5.41) is 13.5. The Kier molecular flexibility index (Phi) is 4.68. The number of aromatic nitrogens is 2. The van der Waals surface area contributed by atoms with Gasteiger partial charge in [0.1, 0.15) is 12.4 Å². The molecule has 9 heteroatoms. The maximum atomic E-state index is 12.9. The molecular formula is C14H13F3N4O2. The van der Waals surface area contributed by atoms with E-state index in [1.807, 2.05) is 6.92 Å². The summed E-state index contributed by atoms with van der Waals surface area (Å²) < 4.78 is 38.6. The second-order valence-corrected chi connectivity index (χ2v) is 4.70. The minimum Gasteiger partial charge on any atom is -0.480 e. The fourth-order valence-corrected chi connectivity index (χ4v) is 1.67. The van der Waals surface area contributed by atoms with Crippen LogP contribution in [0.3, 0.4) is 0 Å². The highest BCUT2D eigenvalue weighted by Crippen LogP contribution is 2.30. The number of carboxylic acid groups (broad SMARTS) is 1. The molecule has 0 bridgehead atoms. The highest BCUT2D eigenvalue weighted by atomic mass is 19.4. The number of carboxylic acids is 1. The fraction of sp³-hybridized carbons (Fsp3) is 0.214. The van der Waals surface area contributed by atoms with E-state index in [4.69, 9.17) is 5.11 Å². The molecule has 1 aromatic carbocycles. The average molecular weight is 326 g/mol. The van der Waals surface area contributed by atoms with E-state index >= 15 is 0 Å². The molecule has 0 unspecified atom stereocenters. The van der Waals surface area contributed by atoms with E-state index in [0.717, 1.165) is 11.6 Å². The Balaban J connectivity index is 2.31. The maximum Gasteiger partial charge on any atom is 0.433 e. The summed E-state index contributed by atoms with van der Waals surface area (Å²) in [5.41, 5.74) is 0.375. The molecule has 0 amide bonds. The number of carbonyl (C=O) groups is 1. The number of nitrogens with zero attached hydrogens (tertiary/aromatic N) is 2. The summed E-state index contributed by atoms with van der Waals surface area (Å²) in [6, 6.07) is 7.71. The summed E-state index contributed by atoms with van der Waals surface area (Å²) in [6.45, 7) is 1.29. The van der Waals surface area contributed by atoms with Crippen molar-refractivity contribution in [3.05, 3.63) is 41.6 Å². The second kappa shape index (κ2) is 6.51. The third kappa shape index (κ3) is 4.83. The maximum absolute atomic E-state index is 12.9. The van der Waals surface area contributed by atoms with Gasteiger partial charge in [0.2, 0.25) is 5.95 Å². The van der Waals surface area contributed by atoms with Crippen molar-refractivity contribution in [1.29, 1.82) is 0 Å². The molecule has 0 saturated carbocycles. The minimum atomic E-state index is -4.67. The summed E-state index contributed by atoms with van der Waals surface area (Å²) in [6.07, 6.45) is -4.67. The van der Waals surface area contributed by atoms with Gasteiger partial charge in [-0.25, -0.2) is 4.98 Å². The van der Waals surface area contributed by atoms with Crippen LogP contribution in [0, 0.1) is 6.92 Å². The number of aryl methyl sites for hydroxylation is 1. The summed E-state index contributed by atoms with van der Waals surface area (Å²) in [4.78, 5) is 17.6. The lowest BCUT2D eigenvalue weighted by Crippen LogP contribution is -2.17. The van der Waals surface area contributed by atoms with Crippen LogP contribution >= 0.6 is 0 Å². The van der Waals surface area contributed by atoms with Gasteiger partial charge in [-0.2, -0.15) is 18.2 Å². The van der Waals surface area contributed by atoms with Crippen molar-refractivity contribution >= 4 is 23.4 Å². The molecule has 0 aliphatic heterocycles. The number of benzene rings is 1. The number of hydrogen-bond acceptors (Lipinski definition) is 5. The van der Waals surface area contributed by atoms with Crippen LogP contribution < -0.4 is 10.6 Å². The normalized spacial score (nSPS) is 11.1. The Morgan fingerprint density at radius 2 is 1.87 bits per heavy atom. The molecule has 2 aromatic rings. The zero-order valence-corrected chi connectivity index (χ0v) is 12.0. The molecule has 23 heavy (non-hydrogen) atoms. The number of alkyl halides is 3. The monoisotopic (exact) mass is 326 g/mol. The van der Waals surface area contributed by atoms with E-state index in [1.165, 1.54) is 0 Å². The molecule has 3 N–H and O–H groups in total. The van der Waals surface area contributed by atoms with Crippen molar-refractivity contribution < 1.29 is 23.1 Å². The smallest absolute Gasteiger partial charge is 0.433 e. The highest BCUT2D eigenvalue weighted by molar-refractivity contribution is 5.72. The van der Waals surface area contributed by atoms with Gasteiger partial charge in [-0.3, -0.25) is 4.79 Å². The van der Waals surface area contributed by atoms with E-state index in [1.54, 1.807) is 24.3 Å². The first-order chi connectivity index (χ1) is 10.7. The van der Waals surface area contributed by atoms with Gasteiger partial charge in [-0.1, -0.05) is 17.7 Å². The summed E-state index contributed by atoms with van der Waals surface area (Å²) >= 11 is 0. The number of aliphatic carboxylic acids is 1. The Morgan fingerprint density at radius 1 is 1.22 bits per heavy atom. The highest BCUT2D eigenvalue weighted by Gasteiger charge is 2.33. The van der Waals surface area contributed by atoms with Gasteiger partial charge in [0.15, 0.2) is 5.69 Å². The van der Waals surface area contributed by atoms with Gasteiger partial charge < -0.3 is 15.7 Å². The van der Waals surface area contributed by atoms with Crippen LogP contribution in [0.2, 0.25) is 0 Å². The first-order valence-corrected chi connectivity index (χ1v) is 6.49. The lowest BCUT2D eigenvalue weighted by atomic mass is 10.2. The van der Waals surface area contributed by atoms with Crippen LogP contribution in [0.4, 0.5) is 30.6 Å². The standard InChI is InChI=1S/C14H13F3N4O2/c1-8-2-4-9(5-3-8)19-11-6-10(14(15,16)17)20-13(21-11)18-7-12(22)23/h2-6H,7H2,1H3,(H,22,23)(H2,18,19,20,21). The summed E-state index contributed by atoms with van der Waals surface area (Å²) in [5.74, 6) is -1.75. The quantitative estimate of drug-likeness (QED) is 0.783. The number of anilines is 3. The molecule has 2 rings (SSSR count). The van der Waals surface area contributed by atoms with Crippen LogP contribution in [0.25, 0.3) is 0 Å². The van der Waals surface area contributed by atoms with Crippen molar-refractivity contribution in [2.24, 2.45) is 0 Å². The van der Waals surface area contributed by atoms with E-state index < -0.39 is 30.3 Å². The van der Waals surface area contributed by atoms with Crippen LogP contribution in [0.15, 0.2) is 30.3 Å². The van der Waals surface area contributed by atoms with Crippen molar-refractivity contribution in [2.75, 3.05) is 17.2 Å². The first kappa shape index (κ1) is 16.5. The lowest BCUT2D eigenvalue weighted by Gasteiger charge is -2.12. The number of rotatable bonds is 5. The van der Waals surface area contributed by atoms with Gasteiger partial charge >= 0.3 is 12.1 Å². The lowest BCUT2D eigenvalue weighted by molar-refractivity contribution is -0.141. The van der Waals surface area contributed by atoms with E-state index in [9.17, 15) is 18.0 Å². The number of nitrogens with one attached hydrogen (secondary N) is 2. The minimum absolute atomic E-state index is 0.0935. The van der Waals surface area contributed by atoms with Crippen LogP contribution in [0.5, 0.6) is 0 Å². The molecule has 0 fully saturated rings. The Hall–Kier alpha value is -2.84. The van der Waals surface area contributed by atoms with Crippen molar-refractivity contribution in [3.63, 3.8) is 0 Å². The average Bonchev–Trinajstić information content (AvgIpc) is 2.46. The molecule has 0 spiro atoms. The molecule has 0 atom stereocenters. The Morgan fingerprint density at radius 3 is 2.43 bits per heavy atom. The van der Waals surface area contributed by atoms with Crippen molar-refractivity contribution in [2.45, 2.75) is 13.1 Å². The molecule has 1 heterocycles. The Labute approximate surface area is 129 Å². The first-order valence-electron chi connectivity index (χ1n) is 6.49. The zero-order chi connectivity index (χ0) is 17.0. The Bertz CT molecular complexity index is 702. The van der Waals surface area contributed by atoms with Crippen LogP contribution in [-0.4, -0.2) is 27.6 Å². The molecule has 0 radical (unpaired) electrons. The zero-order valence-electron chi connectivity index (χ0n) is 12.0.